The van der Waals surface area contributed by atoms with Gasteiger partial charge in [-0.05, 0) is 50.8 Å². The molecule has 1 aliphatic carbocycles. The average Bonchev–Trinajstić information content (AvgIpc) is 2.83. The van der Waals surface area contributed by atoms with Crippen LogP contribution in [0, 0.1) is 5.92 Å². The van der Waals surface area contributed by atoms with Crippen LogP contribution >= 0.6 is 11.8 Å². The van der Waals surface area contributed by atoms with E-state index in [9.17, 15) is 0 Å². The highest BCUT2D eigenvalue weighted by Crippen LogP contribution is 2.38. The molecule has 16 heavy (non-hydrogen) atoms. The topological polar surface area (TPSA) is 29.3 Å². The summed E-state index contributed by atoms with van der Waals surface area (Å²) in [6.07, 6.45) is 6.70. The van der Waals surface area contributed by atoms with E-state index in [1.807, 2.05) is 0 Å². The Hall–Kier alpha value is 0.270. The molecule has 2 nitrogen and oxygen atoms in total. The highest BCUT2D eigenvalue weighted by atomic mass is 32.2. The van der Waals surface area contributed by atoms with Crippen molar-refractivity contribution in [3.63, 3.8) is 0 Å². The lowest BCUT2D eigenvalue weighted by atomic mass is 9.75. The first-order valence-electron chi connectivity index (χ1n) is 6.69. The van der Waals surface area contributed by atoms with Gasteiger partial charge in [0, 0.05) is 23.9 Å². The van der Waals surface area contributed by atoms with Crippen LogP contribution in [-0.4, -0.2) is 41.6 Å². The molecule has 0 aromatic carbocycles. The van der Waals surface area contributed by atoms with Crippen LogP contribution in [0.4, 0.5) is 0 Å². The molecule has 2 fully saturated rings. The number of rotatable bonds is 3. The Kier molecular flexibility index (Phi) is 4.20. The van der Waals surface area contributed by atoms with E-state index in [-0.39, 0.29) is 0 Å². The zero-order valence-electron chi connectivity index (χ0n) is 10.7. The molecule has 2 rings (SSSR count). The van der Waals surface area contributed by atoms with E-state index in [0.29, 0.717) is 5.54 Å². The van der Waals surface area contributed by atoms with Crippen molar-refractivity contribution in [1.29, 1.82) is 0 Å². The third kappa shape index (κ3) is 2.41. The molecule has 1 heterocycles. The summed E-state index contributed by atoms with van der Waals surface area (Å²) in [4.78, 5) is 2.64. The van der Waals surface area contributed by atoms with Gasteiger partial charge in [0.1, 0.15) is 0 Å². The summed E-state index contributed by atoms with van der Waals surface area (Å²) in [6.45, 7) is 3.23. The number of likely N-dealkylation sites (N-methyl/N-ethyl adjacent to an activating group) is 1. The summed E-state index contributed by atoms with van der Waals surface area (Å²) in [6, 6.07) is 0.780. The van der Waals surface area contributed by atoms with Crippen LogP contribution in [0.1, 0.15) is 39.0 Å². The van der Waals surface area contributed by atoms with E-state index < -0.39 is 0 Å². The molecule has 0 aromatic heterocycles. The molecule has 0 spiro atoms. The molecule has 1 saturated heterocycles. The Morgan fingerprint density at radius 2 is 2.00 bits per heavy atom. The van der Waals surface area contributed by atoms with Gasteiger partial charge in [0.15, 0.2) is 0 Å². The van der Waals surface area contributed by atoms with E-state index in [1.54, 1.807) is 0 Å². The van der Waals surface area contributed by atoms with Crippen molar-refractivity contribution in [3.05, 3.63) is 0 Å². The van der Waals surface area contributed by atoms with Gasteiger partial charge in [0.2, 0.25) is 0 Å². The predicted octanol–water partition coefficient (Wildman–Crippen LogP) is 2.33. The summed E-state index contributed by atoms with van der Waals surface area (Å²) in [5, 5.41) is 0. The van der Waals surface area contributed by atoms with Crippen LogP contribution in [0.25, 0.3) is 0 Å². The predicted molar refractivity (Wildman–Crippen MR) is 72.9 cm³/mol. The van der Waals surface area contributed by atoms with Gasteiger partial charge in [-0.15, -0.1) is 0 Å². The quantitative estimate of drug-likeness (QED) is 0.823. The van der Waals surface area contributed by atoms with Crippen molar-refractivity contribution in [1.82, 2.24) is 4.90 Å². The van der Waals surface area contributed by atoms with E-state index in [4.69, 9.17) is 5.73 Å². The number of nitrogens with zero attached hydrogens (tertiary/aromatic N) is 1. The van der Waals surface area contributed by atoms with Crippen LogP contribution < -0.4 is 5.73 Å². The molecule has 1 atom stereocenters. The van der Waals surface area contributed by atoms with Gasteiger partial charge in [-0.1, -0.05) is 6.92 Å². The summed E-state index contributed by atoms with van der Waals surface area (Å²) in [7, 11) is 2.32. The largest absolute Gasteiger partial charge is 0.329 e. The summed E-state index contributed by atoms with van der Waals surface area (Å²) >= 11 is 2.10. The molecule has 2 N–H and O–H groups in total. The zero-order valence-corrected chi connectivity index (χ0v) is 11.6. The van der Waals surface area contributed by atoms with Crippen molar-refractivity contribution in [3.8, 4) is 0 Å². The van der Waals surface area contributed by atoms with Crippen molar-refractivity contribution in [2.75, 3.05) is 25.1 Å². The van der Waals surface area contributed by atoms with Gasteiger partial charge in [-0.25, -0.2) is 0 Å². The van der Waals surface area contributed by atoms with Gasteiger partial charge in [-0.2, -0.15) is 11.8 Å². The van der Waals surface area contributed by atoms with Crippen molar-refractivity contribution in [2.45, 2.75) is 50.6 Å². The monoisotopic (exact) mass is 242 g/mol. The normalized spacial score (nSPS) is 40.5. The fourth-order valence-electron chi connectivity index (χ4n) is 3.22. The van der Waals surface area contributed by atoms with Gasteiger partial charge in [-0.3, -0.25) is 4.90 Å². The van der Waals surface area contributed by atoms with E-state index in [2.05, 4.69) is 30.6 Å². The molecule has 2 aliphatic rings. The Labute approximate surface area is 104 Å². The minimum Gasteiger partial charge on any atom is -0.329 e. The highest BCUT2D eigenvalue weighted by Gasteiger charge is 2.40. The molecule has 94 valence electrons. The summed E-state index contributed by atoms with van der Waals surface area (Å²) < 4.78 is 0. The van der Waals surface area contributed by atoms with Crippen LogP contribution in [0.3, 0.4) is 0 Å². The molecule has 0 amide bonds. The second kappa shape index (κ2) is 5.28. The third-order valence-corrected chi connectivity index (χ3v) is 5.93. The molecule has 0 aromatic rings. The van der Waals surface area contributed by atoms with Crippen molar-refractivity contribution in [2.24, 2.45) is 11.7 Å². The molecule has 1 aliphatic heterocycles. The second-order valence-corrected chi connectivity index (χ2v) is 6.89. The molecule has 1 unspecified atom stereocenters. The number of hydrogen-bond donors (Lipinski definition) is 1. The third-order valence-electron chi connectivity index (χ3n) is 4.79. The summed E-state index contributed by atoms with van der Waals surface area (Å²) in [5.41, 5.74) is 6.43. The maximum absolute atomic E-state index is 6.10. The van der Waals surface area contributed by atoms with E-state index in [1.165, 1.54) is 43.6 Å². The number of hydrogen-bond acceptors (Lipinski definition) is 3. The fraction of sp³-hybridized carbons (Fsp3) is 1.00. The number of thioether (sulfide) groups is 1. The molecule has 0 radical (unpaired) electrons. The van der Waals surface area contributed by atoms with E-state index in [0.717, 1.165) is 18.5 Å². The number of nitrogens with two attached hydrogens (primary N) is 1. The maximum Gasteiger partial charge on any atom is 0.0332 e. The fourth-order valence-corrected chi connectivity index (χ4v) is 4.48. The minimum atomic E-state index is 0.322. The van der Waals surface area contributed by atoms with Gasteiger partial charge in [0.25, 0.3) is 0 Å². The molecule has 1 saturated carbocycles. The van der Waals surface area contributed by atoms with Gasteiger partial charge < -0.3 is 5.73 Å². The standard InChI is InChI=1S/C13H26N2S/c1-11-3-6-13(10-14,7-4-11)15(2)12-5-8-16-9-12/h11-12H,3-10,14H2,1-2H3. The van der Waals surface area contributed by atoms with Crippen molar-refractivity contribution >= 4 is 11.8 Å². The Bertz CT molecular complexity index is 218. The van der Waals surface area contributed by atoms with Crippen LogP contribution in [-0.2, 0) is 0 Å². The molecular formula is C13H26N2S. The Morgan fingerprint density at radius 1 is 1.31 bits per heavy atom. The minimum absolute atomic E-state index is 0.322. The molecule has 3 heteroatoms. The Morgan fingerprint density at radius 3 is 2.50 bits per heavy atom. The smallest absolute Gasteiger partial charge is 0.0332 e. The van der Waals surface area contributed by atoms with E-state index >= 15 is 0 Å². The Balaban J connectivity index is 2.02. The lowest BCUT2D eigenvalue weighted by Gasteiger charge is -2.48. The first-order valence-corrected chi connectivity index (χ1v) is 7.84. The summed E-state index contributed by atoms with van der Waals surface area (Å²) in [5.74, 6) is 3.56. The molecular weight excluding hydrogens is 216 g/mol. The maximum atomic E-state index is 6.10. The van der Waals surface area contributed by atoms with Crippen LogP contribution in [0.2, 0.25) is 0 Å². The van der Waals surface area contributed by atoms with Crippen LogP contribution in [0.15, 0.2) is 0 Å². The SMILES string of the molecule is CC1CCC(CN)(N(C)C2CCSC2)CC1. The van der Waals surface area contributed by atoms with Gasteiger partial charge in [0.05, 0.1) is 0 Å². The van der Waals surface area contributed by atoms with Crippen LogP contribution in [0.5, 0.6) is 0 Å². The first-order chi connectivity index (χ1) is 7.68. The second-order valence-electron chi connectivity index (χ2n) is 5.74. The first kappa shape index (κ1) is 12.7. The lowest BCUT2D eigenvalue weighted by Crippen LogP contribution is -2.57. The molecule has 0 bridgehead atoms. The van der Waals surface area contributed by atoms with Gasteiger partial charge >= 0.3 is 0 Å². The lowest BCUT2D eigenvalue weighted by molar-refractivity contribution is 0.0403. The van der Waals surface area contributed by atoms with Crippen molar-refractivity contribution < 1.29 is 0 Å². The zero-order chi connectivity index (χ0) is 11.6. The highest BCUT2D eigenvalue weighted by molar-refractivity contribution is 7.99. The average molecular weight is 242 g/mol.